The fraction of sp³-hybridized carbons (Fsp3) is 0. The largest absolute Gasteiger partial charge is 0.366 e. The molecule has 4 N–H and O–H groups in total. The topological polar surface area (TPSA) is 96.7 Å². The molecule has 0 fully saturated rings. The SMILES string of the molecule is Nc1n[nH]c(C(=O)Nc2ccccc2Br)n1. The number of halogens is 1. The molecule has 0 spiro atoms. The van der Waals surface area contributed by atoms with Crippen LogP contribution in [0.4, 0.5) is 11.6 Å². The van der Waals surface area contributed by atoms with Crippen LogP contribution >= 0.6 is 15.9 Å². The molecule has 0 atom stereocenters. The molecule has 1 aromatic carbocycles. The highest BCUT2D eigenvalue weighted by Crippen LogP contribution is 2.21. The Morgan fingerprint density at radius 2 is 2.19 bits per heavy atom. The lowest BCUT2D eigenvalue weighted by Crippen LogP contribution is -2.14. The summed E-state index contributed by atoms with van der Waals surface area (Å²) < 4.78 is 0.788. The van der Waals surface area contributed by atoms with Crippen LogP contribution in [-0.4, -0.2) is 21.1 Å². The molecular formula is C9H8BrN5O. The maximum Gasteiger partial charge on any atom is 0.293 e. The number of amides is 1. The van der Waals surface area contributed by atoms with Crippen LogP contribution in [0.5, 0.6) is 0 Å². The summed E-state index contributed by atoms with van der Waals surface area (Å²) in [6.45, 7) is 0. The number of rotatable bonds is 2. The number of nitrogen functional groups attached to an aromatic ring is 1. The summed E-state index contributed by atoms with van der Waals surface area (Å²) in [5, 5.41) is 8.67. The van der Waals surface area contributed by atoms with Crippen LogP contribution in [0.25, 0.3) is 0 Å². The monoisotopic (exact) mass is 281 g/mol. The number of hydrogen-bond acceptors (Lipinski definition) is 4. The molecule has 7 heteroatoms. The van der Waals surface area contributed by atoms with Crippen LogP contribution in [0.1, 0.15) is 10.6 Å². The number of aromatic amines is 1. The fourth-order valence-corrected chi connectivity index (χ4v) is 1.50. The van der Waals surface area contributed by atoms with Crippen molar-refractivity contribution >= 4 is 33.5 Å². The molecule has 0 aliphatic carbocycles. The lowest BCUT2D eigenvalue weighted by Gasteiger charge is -2.04. The number of carbonyl (C=O) groups is 1. The van der Waals surface area contributed by atoms with Gasteiger partial charge in [-0.2, -0.15) is 4.98 Å². The highest BCUT2D eigenvalue weighted by atomic mass is 79.9. The molecule has 0 aliphatic heterocycles. The van der Waals surface area contributed by atoms with Crippen LogP contribution in [-0.2, 0) is 0 Å². The van der Waals surface area contributed by atoms with Crippen molar-refractivity contribution < 1.29 is 4.79 Å². The normalized spacial score (nSPS) is 10.1. The molecule has 1 amide bonds. The highest BCUT2D eigenvalue weighted by Gasteiger charge is 2.11. The third kappa shape index (κ3) is 2.19. The van der Waals surface area contributed by atoms with Gasteiger partial charge in [-0.05, 0) is 28.1 Å². The maximum absolute atomic E-state index is 11.7. The van der Waals surface area contributed by atoms with Gasteiger partial charge in [-0.1, -0.05) is 12.1 Å². The van der Waals surface area contributed by atoms with Gasteiger partial charge in [0.05, 0.1) is 5.69 Å². The Morgan fingerprint density at radius 3 is 2.81 bits per heavy atom. The minimum absolute atomic E-state index is 0.0391. The molecule has 1 heterocycles. The number of aromatic nitrogens is 3. The summed E-state index contributed by atoms with van der Waals surface area (Å²) in [5.74, 6) is -0.276. The van der Waals surface area contributed by atoms with Crippen LogP contribution in [0.3, 0.4) is 0 Å². The summed E-state index contributed by atoms with van der Waals surface area (Å²) in [5.41, 5.74) is 5.95. The van der Waals surface area contributed by atoms with E-state index < -0.39 is 5.91 Å². The van der Waals surface area contributed by atoms with E-state index in [1.165, 1.54) is 0 Å². The second kappa shape index (κ2) is 4.31. The second-order valence-electron chi connectivity index (χ2n) is 2.98. The Labute approximate surface area is 99.4 Å². The first-order valence-electron chi connectivity index (χ1n) is 4.40. The molecule has 0 bridgehead atoms. The number of carbonyl (C=O) groups excluding carboxylic acids is 1. The zero-order valence-electron chi connectivity index (χ0n) is 8.07. The zero-order valence-corrected chi connectivity index (χ0v) is 9.65. The minimum Gasteiger partial charge on any atom is -0.366 e. The number of anilines is 2. The lowest BCUT2D eigenvalue weighted by atomic mass is 10.3. The first kappa shape index (κ1) is 10.6. The highest BCUT2D eigenvalue weighted by molar-refractivity contribution is 9.10. The van der Waals surface area contributed by atoms with E-state index >= 15 is 0 Å². The van der Waals surface area contributed by atoms with Gasteiger partial charge in [0, 0.05) is 4.47 Å². The lowest BCUT2D eigenvalue weighted by molar-refractivity contribution is 0.101. The van der Waals surface area contributed by atoms with Crippen LogP contribution < -0.4 is 11.1 Å². The van der Waals surface area contributed by atoms with Gasteiger partial charge in [0.25, 0.3) is 5.91 Å². The van der Waals surface area contributed by atoms with Crippen LogP contribution in [0, 0.1) is 0 Å². The third-order valence-electron chi connectivity index (χ3n) is 1.84. The van der Waals surface area contributed by atoms with Crippen molar-refractivity contribution in [2.75, 3.05) is 11.1 Å². The second-order valence-corrected chi connectivity index (χ2v) is 3.83. The van der Waals surface area contributed by atoms with Gasteiger partial charge in [0.1, 0.15) is 0 Å². The van der Waals surface area contributed by atoms with Gasteiger partial charge < -0.3 is 11.1 Å². The Bertz CT molecular complexity index is 524. The van der Waals surface area contributed by atoms with Crippen molar-refractivity contribution in [2.24, 2.45) is 0 Å². The van der Waals surface area contributed by atoms with E-state index in [1.54, 1.807) is 6.07 Å². The average Bonchev–Trinajstić information content (AvgIpc) is 2.68. The van der Waals surface area contributed by atoms with E-state index in [0.29, 0.717) is 5.69 Å². The van der Waals surface area contributed by atoms with Gasteiger partial charge in [-0.3, -0.25) is 9.89 Å². The van der Waals surface area contributed by atoms with E-state index in [4.69, 9.17) is 5.73 Å². The number of nitrogens with one attached hydrogen (secondary N) is 2. The minimum atomic E-state index is -0.392. The Kier molecular flexibility index (Phi) is 2.86. The van der Waals surface area contributed by atoms with Gasteiger partial charge in [-0.15, -0.1) is 5.10 Å². The van der Waals surface area contributed by atoms with Crippen molar-refractivity contribution in [3.8, 4) is 0 Å². The first-order chi connectivity index (χ1) is 7.66. The van der Waals surface area contributed by atoms with Gasteiger partial charge >= 0.3 is 0 Å². The number of benzene rings is 1. The molecule has 0 aliphatic rings. The number of hydrogen-bond donors (Lipinski definition) is 3. The number of nitrogens with two attached hydrogens (primary N) is 1. The van der Waals surface area contributed by atoms with Crippen molar-refractivity contribution in [1.29, 1.82) is 0 Å². The summed E-state index contributed by atoms with van der Waals surface area (Å²) in [4.78, 5) is 15.4. The molecule has 6 nitrogen and oxygen atoms in total. The Morgan fingerprint density at radius 1 is 1.44 bits per heavy atom. The van der Waals surface area contributed by atoms with Crippen LogP contribution in [0.2, 0.25) is 0 Å². The van der Waals surface area contributed by atoms with E-state index in [1.807, 2.05) is 18.2 Å². The number of H-pyrrole nitrogens is 1. The van der Waals surface area contributed by atoms with E-state index in [2.05, 4.69) is 36.4 Å². The van der Waals surface area contributed by atoms with Crippen LogP contribution in [0.15, 0.2) is 28.7 Å². The van der Waals surface area contributed by atoms with E-state index in [9.17, 15) is 4.79 Å². The number of para-hydroxylation sites is 1. The Hall–Kier alpha value is -1.89. The summed E-state index contributed by atoms with van der Waals surface area (Å²) in [7, 11) is 0. The smallest absolute Gasteiger partial charge is 0.293 e. The molecule has 2 rings (SSSR count). The summed E-state index contributed by atoms with van der Waals surface area (Å²) in [6, 6.07) is 7.26. The number of nitrogens with zero attached hydrogens (tertiary/aromatic N) is 2. The molecule has 82 valence electrons. The summed E-state index contributed by atoms with van der Waals surface area (Å²) >= 11 is 3.32. The predicted octanol–water partition coefficient (Wildman–Crippen LogP) is 1.40. The zero-order chi connectivity index (χ0) is 11.5. The Balaban J connectivity index is 2.17. The standard InChI is InChI=1S/C9H8BrN5O/c10-5-3-1-2-4-6(5)12-8(16)7-13-9(11)15-14-7/h1-4H,(H,12,16)(H3,11,13,14,15). The van der Waals surface area contributed by atoms with Gasteiger partial charge in [0.2, 0.25) is 11.8 Å². The van der Waals surface area contributed by atoms with E-state index in [0.717, 1.165) is 4.47 Å². The summed E-state index contributed by atoms with van der Waals surface area (Å²) in [6.07, 6.45) is 0. The average molecular weight is 282 g/mol. The van der Waals surface area contributed by atoms with Gasteiger partial charge in [-0.25, -0.2) is 0 Å². The molecule has 0 unspecified atom stereocenters. The van der Waals surface area contributed by atoms with Crippen molar-refractivity contribution in [2.45, 2.75) is 0 Å². The first-order valence-corrected chi connectivity index (χ1v) is 5.20. The molecular weight excluding hydrogens is 274 g/mol. The quantitative estimate of drug-likeness (QED) is 0.775. The molecule has 0 saturated heterocycles. The van der Waals surface area contributed by atoms with E-state index in [-0.39, 0.29) is 11.8 Å². The molecule has 16 heavy (non-hydrogen) atoms. The van der Waals surface area contributed by atoms with Crippen molar-refractivity contribution in [1.82, 2.24) is 15.2 Å². The molecule has 0 saturated carbocycles. The van der Waals surface area contributed by atoms with Crippen molar-refractivity contribution in [3.05, 3.63) is 34.6 Å². The van der Waals surface area contributed by atoms with Crippen molar-refractivity contribution in [3.63, 3.8) is 0 Å². The maximum atomic E-state index is 11.7. The predicted molar refractivity (Wildman–Crippen MR) is 62.9 cm³/mol. The molecule has 2 aromatic rings. The van der Waals surface area contributed by atoms with Gasteiger partial charge in [0.15, 0.2) is 0 Å². The molecule has 1 aromatic heterocycles. The third-order valence-corrected chi connectivity index (χ3v) is 2.53. The fourth-order valence-electron chi connectivity index (χ4n) is 1.12. The molecule has 0 radical (unpaired) electrons.